The summed E-state index contributed by atoms with van der Waals surface area (Å²) in [5, 5.41) is 5.17. The number of aromatic nitrogens is 2. The lowest BCUT2D eigenvalue weighted by Crippen LogP contribution is -2.16. The van der Waals surface area contributed by atoms with Gasteiger partial charge >= 0.3 is 0 Å². The number of halogens is 3. The molecule has 1 heterocycles. The van der Waals surface area contributed by atoms with Crippen LogP contribution in [0.15, 0.2) is 42.7 Å². The Balaban J connectivity index is 1.83. The second-order valence-corrected chi connectivity index (χ2v) is 5.79. The Morgan fingerprint density at radius 3 is 2.54 bits per heavy atom. The highest BCUT2D eigenvalue weighted by molar-refractivity contribution is 6.03. The zero-order chi connectivity index (χ0) is 20.3. The molecule has 0 atom stereocenters. The van der Waals surface area contributed by atoms with Crippen LogP contribution in [0, 0.1) is 24.4 Å². The average molecular weight is 388 g/mol. The van der Waals surface area contributed by atoms with Gasteiger partial charge in [-0.3, -0.25) is 4.79 Å². The molecule has 0 saturated heterocycles. The van der Waals surface area contributed by atoms with E-state index in [1.807, 2.05) is 19.1 Å². The van der Waals surface area contributed by atoms with E-state index >= 15 is 0 Å². The van der Waals surface area contributed by atoms with Crippen LogP contribution in [0.5, 0.6) is 5.75 Å². The molecule has 1 aromatic heterocycles. The third-order valence-corrected chi connectivity index (χ3v) is 3.80. The number of nitrogens with zero attached hydrogens (tertiary/aromatic N) is 2. The molecule has 0 aliphatic rings. The number of benzene rings is 2. The van der Waals surface area contributed by atoms with Gasteiger partial charge in [0.15, 0.2) is 17.5 Å². The number of methoxy groups -OCH3 is 1. The number of hydrogen-bond donors (Lipinski definition) is 2. The summed E-state index contributed by atoms with van der Waals surface area (Å²) in [5.74, 6) is -4.48. The van der Waals surface area contributed by atoms with E-state index in [0.717, 1.165) is 18.0 Å². The summed E-state index contributed by atoms with van der Waals surface area (Å²) in [6, 6.07) is 8.44. The minimum Gasteiger partial charge on any atom is -0.495 e. The van der Waals surface area contributed by atoms with Crippen LogP contribution in [0.25, 0.3) is 0 Å². The Morgan fingerprint density at radius 2 is 1.79 bits per heavy atom. The molecule has 1 amide bonds. The number of hydrogen-bond acceptors (Lipinski definition) is 5. The van der Waals surface area contributed by atoms with Crippen LogP contribution in [0.3, 0.4) is 0 Å². The molecule has 0 radical (unpaired) electrons. The van der Waals surface area contributed by atoms with E-state index in [0.29, 0.717) is 17.5 Å². The van der Waals surface area contributed by atoms with E-state index in [1.165, 1.54) is 13.2 Å². The summed E-state index contributed by atoms with van der Waals surface area (Å²) in [4.78, 5) is 20.2. The van der Waals surface area contributed by atoms with E-state index < -0.39 is 29.0 Å². The Labute approximate surface area is 158 Å². The summed E-state index contributed by atoms with van der Waals surface area (Å²) >= 11 is 0. The first kappa shape index (κ1) is 19.2. The fraction of sp³-hybridized carbons (Fsp3) is 0.105. The number of anilines is 3. The van der Waals surface area contributed by atoms with Gasteiger partial charge in [0.05, 0.1) is 18.5 Å². The highest BCUT2D eigenvalue weighted by atomic mass is 19.2. The van der Waals surface area contributed by atoms with Crippen LogP contribution < -0.4 is 15.4 Å². The monoisotopic (exact) mass is 388 g/mol. The fourth-order valence-electron chi connectivity index (χ4n) is 2.42. The molecule has 0 saturated carbocycles. The Hall–Kier alpha value is -3.62. The molecule has 2 aromatic carbocycles. The van der Waals surface area contributed by atoms with Crippen LogP contribution >= 0.6 is 0 Å². The van der Waals surface area contributed by atoms with Gasteiger partial charge in [0, 0.05) is 6.07 Å². The van der Waals surface area contributed by atoms with Crippen molar-refractivity contribution in [3.8, 4) is 5.75 Å². The molecule has 0 bridgehead atoms. The minimum absolute atomic E-state index is 0.103. The first-order valence-electron chi connectivity index (χ1n) is 8.07. The zero-order valence-corrected chi connectivity index (χ0v) is 14.9. The van der Waals surface area contributed by atoms with Crippen molar-refractivity contribution in [2.75, 3.05) is 17.7 Å². The molecule has 0 aliphatic heterocycles. The normalized spacial score (nSPS) is 10.5. The first-order valence-corrected chi connectivity index (χ1v) is 8.07. The smallest absolute Gasteiger partial charge is 0.274 e. The van der Waals surface area contributed by atoms with Crippen LogP contribution in [0.1, 0.15) is 16.1 Å². The summed E-state index contributed by atoms with van der Waals surface area (Å²) < 4.78 is 45.3. The SMILES string of the molecule is COc1ccc(C)cc1Nc1cc(C(=O)Nc2ccc(F)c(F)c2F)ncn1. The van der Waals surface area contributed by atoms with Gasteiger partial charge in [0.2, 0.25) is 0 Å². The van der Waals surface area contributed by atoms with Crippen LogP contribution in [0.2, 0.25) is 0 Å². The standard InChI is InChI=1S/C19H15F3N4O2/c1-10-3-6-15(28-2)13(7-10)25-16-8-14(23-9-24-16)19(27)26-12-5-4-11(20)17(21)18(12)22/h3-9H,1-2H3,(H,26,27)(H,23,24,25). The molecule has 2 N–H and O–H groups in total. The lowest BCUT2D eigenvalue weighted by molar-refractivity contribution is 0.102. The Bertz CT molecular complexity index is 1040. The maximum absolute atomic E-state index is 13.7. The molecular formula is C19H15F3N4O2. The summed E-state index contributed by atoms with van der Waals surface area (Å²) in [6.45, 7) is 1.90. The van der Waals surface area contributed by atoms with Crippen molar-refractivity contribution >= 4 is 23.1 Å². The molecule has 3 rings (SSSR count). The largest absolute Gasteiger partial charge is 0.495 e. The molecule has 9 heteroatoms. The third-order valence-electron chi connectivity index (χ3n) is 3.80. The van der Waals surface area contributed by atoms with Crippen LogP contribution in [-0.4, -0.2) is 23.0 Å². The molecule has 0 fully saturated rings. The number of carbonyl (C=O) groups excluding carboxylic acids is 1. The minimum atomic E-state index is -1.67. The maximum Gasteiger partial charge on any atom is 0.274 e. The predicted molar refractivity (Wildman–Crippen MR) is 97.3 cm³/mol. The van der Waals surface area contributed by atoms with Gasteiger partial charge < -0.3 is 15.4 Å². The van der Waals surface area contributed by atoms with E-state index in [9.17, 15) is 18.0 Å². The molecule has 0 aliphatic carbocycles. The number of carbonyl (C=O) groups is 1. The van der Waals surface area contributed by atoms with E-state index in [-0.39, 0.29) is 11.5 Å². The lowest BCUT2D eigenvalue weighted by Gasteiger charge is -2.12. The quantitative estimate of drug-likeness (QED) is 0.641. The van der Waals surface area contributed by atoms with E-state index in [1.54, 1.807) is 6.07 Å². The number of rotatable bonds is 5. The van der Waals surface area contributed by atoms with Crippen molar-refractivity contribution in [3.05, 3.63) is 71.4 Å². The molecule has 144 valence electrons. The summed E-state index contributed by atoms with van der Waals surface area (Å²) in [5.41, 5.74) is 0.994. The molecule has 28 heavy (non-hydrogen) atoms. The van der Waals surface area contributed by atoms with Gasteiger partial charge in [-0.15, -0.1) is 0 Å². The molecular weight excluding hydrogens is 373 g/mol. The van der Waals surface area contributed by atoms with Gasteiger partial charge in [0.25, 0.3) is 5.91 Å². The number of amides is 1. The second-order valence-electron chi connectivity index (χ2n) is 5.79. The van der Waals surface area contributed by atoms with Crippen molar-refractivity contribution in [2.45, 2.75) is 6.92 Å². The number of ether oxygens (including phenoxy) is 1. The van der Waals surface area contributed by atoms with Gasteiger partial charge in [-0.2, -0.15) is 0 Å². The Kier molecular flexibility index (Phi) is 5.44. The maximum atomic E-state index is 13.7. The number of nitrogens with one attached hydrogen (secondary N) is 2. The molecule has 0 spiro atoms. The second kappa shape index (κ2) is 7.95. The number of aryl methyl sites for hydroxylation is 1. The zero-order valence-electron chi connectivity index (χ0n) is 14.9. The van der Waals surface area contributed by atoms with Crippen molar-refractivity contribution in [3.63, 3.8) is 0 Å². The topological polar surface area (TPSA) is 76.1 Å². The van der Waals surface area contributed by atoms with Crippen LogP contribution in [-0.2, 0) is 0 Å². The van der Waals surface area contributed by atoms with Crippen molar-refractivity contribution in [1.29, 1.82) is 0 Å². The van der Waals surface area contributed by atoms with Crippen molar-refractivity contribution < 1.29 is 22.7 Å². The van der Waals surface area contributed by atoms with Gasteiger partial charge in [-0.1, -0.05) is 6.07 Å². The third kappa shape index (κ3) is 4.03. The first-order chi connectivity index (χ1) is 13.4. The van der Waals surface area contributed by atoms with Gasteiger partial charge in [0.1, 0.15) is 23.6 Å². The van der Waals surface area contributed by atoms with Crippen LogP contribution in [0.4, 0.5) is 30.4 Å². The van der Waals surface area contributed by atoms with Crippen molar-refractivity contribution in [2.24, 2.45) is 0 Å². The van der Waals surface area contributed by atoms with E-state index in [4.69, 9.17) is 4.74 Å². The van der Waals surface area contributed by atoms with Gasteiger partial charge in [-0.05, 0) is 36.8 Å². The Morgan fingerprint density at radius 1 is 1.00 bits per heavy atom. The van der Waals surface area contributed by atoms with E-state index in [2.05, 4.69) is 20.6 Å². The summed E-state index contributed by atoms with van der Waals surface area (Å²) in [6.07, 6.45) is 1.14. The fourth-order valence-corrected chi connectivity index (χ4v) is 2.42. The predicted octanol–water partition coefficient (Wildman–Crippen LogP) is 4.21. The van der Waals surface area contributed by atoms with Gasteiger partial charge in [-0.25, -0.2) is 23.1 Å². The lowest BCUT2D eigenvalue weighted by atomic mass is 10.2. The molecule has 0 unspecified atom stereocenters. The summed E-state index contributed by atoms with van der Waals surface area (Å²) in [7, 11) is 1.52. The average Bonchev–Trinajstić information content (AvgIpc) is 2.69. The highest BCUT2D eigenvalue weighted by Gasteiger charge is 2.17. The molecule has 3 aromatic rings. The molecule has 6 nitrogen and oxygen atoms in total. The highest BCUT2D eigenvalue weighted by Crippen LogP contribution is 2.28. The van der Waals surface area contributed by atoms with Crippen molar-refractivity contribution in [1.82, 2.24) is 9.97 Å².